The molecule has 1 aliphatic carbocycles. The van der Waals surface area contributed by atoms with Crippen molar-refractivity contribution in [3.8, 4) is 0 Å². The highest BCUT2D eigenvalue weighted by molar-refractivity contribution is 7.88. The first-order valence-corrected chi connectivity index (χ1v) is 10.5. The minimum atomic E-state index is -3.35. The number of sulfonamides is 1. The summed E-state index contributed by atoms with van der Waals surface area (Å²) >= 11 is 0. The van der Waals surface area contributed by atoms with Crippen molar-refractivity contribution >= 4 is 15.9 Å². The number of nitrogens with one attached hydrogen (secondary N) is 1. The van der Waals surface area contributed by atoms with Gasteiger partial charge in [0.15, 0.2) is 0 Å². The highest BCUT2D eigenvalue weighted by Gasteiger charge is 2.25. The van der Waals surface area contributed by atoms with Crippen LogP contribution >= 0.6 is 0 Å². The molecule has 0 radical (unpaired) electrons. The van der Waals surface area contributed by atoms with Crippen molar-refractivity contribution in [1.82, 2.24) is 9.62 Å². The van der Waals surface area contributed by atoms with E-state index in [1.807, 2.05) is 37.3 Å². The maximum absolute atomic E-state index is 12.2. The lowest BCUT2D eigenvalue weighted by atomic mass is 9.89. The smallest absolute Gasteiger partial charge is 0.223 e. The lowest BCUT2D eigenvalue weighted by molar-refractivity contribution is -0.125. The lowest BCUT2D eigenvalue weighted by Gasteiger charge is -2.28. The SMILES string of the molecule is CC(c1ccccc1)N(CCNC(=O)C1CCCCC1)S(C)(=O)=O. The Hall–Kier alpha value is -1.40. The normalized spacial score (nSPS) is 17.6. The van der Waals surface area contributed by atoms with Gasteiger partial charge in [0.05, 0.1) is 6.26 Å². The first kappa shape index (κ1) is 18.9. The van der Waals surface area contributed by atoms with E-state index in [-0.39, 0.29) is 24.4 Å². The van der Waals surface area contributed by atoms with Gasteiger partial charge in [0, 0.05) is 25.0 Å². The molecule has 1 aromatic rings. The largest absolute Gasteiger partial charge is 0.355 e. The molecule has 1 fully saturated rings. The Bertz CT molecular complexity index is 625. The van der Waals surface area contributed by atoms with Crippen molar-refractivity contribution in [2.75, 3.05) is 19.3 Å². The van der Waals surface area contributed by atoms with Crippen LogP contribution in [0.4, 0.5) is 0 Å². The van der Waals surface area contributed by atoms with Crippen LogP contribution in [0.15, 0.2) is 30.3 Å². The second kappa shape index (κ2) is 8.62. The Morgan fingerprint density at radius 1 is 1.21 bits per heavy atom. The molecule has 1 amide bonds. The van der Waals surface area contributed by atoms with Crippen LogP contribution in [0.25, 0.3) is 0 Å². The number of rotatable bonds is 7. The Labute approximate surface area is 145 Å². The highest BCUT2D eigenvalue weighted by atomic mass is 32.2. The molecule has 6 heteroatoms. The van der Waals surface area contributed by atoms with Crippen LogP contribution < -0.4 is 5.32 Å². The zero-order valence-corrected chi connectivity index (χ0v) is 15.4. The molecule has 1 atom stereocenters. The third-order valence-electron chi connectivity index (χ3n) is 4.75. The van der Waals surface area contributed by atoms with Crippen LogP contribution in [-0.2, 0) is 14.8 Å². The maximum atomic E-state index is 12.2. The molecule has 2 rings (SSSR count). The fourth-order valence-corrected chi connectivity index (χ4v) is 4.46. The van der Waals surface area contributed by atoms with Gasteiger partial charge in [0.2, 0.25) is 15.9 Å². The molecule has 1 unspecified atom stereocenters. The Morgan fingerprint density at radius 2 is 1.83 bits per heavy atom. The average Bonchev–Trinajstić information content (AvgIpc) is 2.58. The van der Waals surface area contributed by atoms with Gasteiger partial charge in [-0.05, 0) is 25.3 Å². The number of carbonyl (C=O) groups excluding carboxylic acids is 1. The zero-order valence-electron chi connectivity index (χ0n) is 14.6. The predicted octanol–water partition coefficient (Wildman–Crippen LogP) is 2.71. The summed E-state index contributed by atoms with van der Waals surface area (Å²) in [4.78, 5) is 12.2. The van der Waals surface area contributed by atoms with E-state index in [1.165, 1.54) is 17.0 Å². The van der Waals surface area contributed by atoms with Crippen LogP contribution in [0.3, 0.4) is 0 Å². The molecule has 0 aromatic heterocycles. The maximum Gasteiger partial charge on any atom is 0.223 e. The Balaban J connectivity index is 1.93. The van der Waals surface area contributed by atoms with Crippen molar-refractivity contribution in [2.24, 2.45) is 5.92 Å². The van der Waals surface area contributed by atoms with Crippen molar-refractivity contribution in [2.45, 2.75) is 45.1 Å². The molecule has 1 aliphatic rings. The summed E-state index contributed by atoms with van der Waals surface area (Å²) in [6.45, 7) is 2.51. The third kappa shape index (κ3) is 5.31. The molecule has 1 saturated carbocycles. The van der Waals surface area contributed by atoms with E-state index >= 15 is 0 Å². The summed E-state index contributed by atoms with van der Waals surface area (Å²) in [7, 11) is -3.35. The molecule has 1 aromatic carbocycles. The van der Waals surface area contributed by atoms with Gasteiger partial charge in [-0.1, -0.05) is 49.6 Å². The monoisotopic (exact) mass is 352 g/mol. The van der Waals surface area contributed by atoms with Gasteiger partial charge in [0.1, 0.15) is 0 Å². The van der Waals surface area contributed by atoms with Gasteiger partial charge in [0.25, 0.3) is 0 Å². The van der Waals surface area contributed by atoms with Gasteiger partial charge in [-0.15, -0.1) is 0 Å². The number of nitrogens with zero attached hydrogens (tertiary/aromatic N) is 1. The second-order valence-corrected chi connectivity index (χ2v) is 8.52. The quantitative estimate of drug-likeness (QED) is 0.820. The number of amides is 1. The van der Waals surface area contributed by atoms with E-state index in [1.54, 1.807) is 0 Å². The van der Waals surface area contributed by atoms with E-state index < -0.39 is 10.0 Å². The molecule has 24 heavy (non-hydrogen) atoms. The molecule has 0 aliphatic heterocycles. The van der Waals surface area contributed by atoms with Gasteiger partial charge in [-0.2, -0.15) is 4.31 Å². The molecule has 5 nitrogen and oxygen atoms in total. The minimum Gasteiger partial charge on any atom is -0.355 e. The van der Waals surface area contributed by atoms with Crippen LogP contribution in [-0.4, -0.2) is 38.0 Å². The average molecular weight is 353 g/mol. The van der Waals surface area contributed by atoms with Crippen molar-refractivity contribution in [1.29, 1.82) is 0 Å². The van der Waals surface area contributed by atoms with Crippen LogP contribution in [0.5, 0.6) is 0 Å². The summed E-state index contributed by atoms with van der Waals surface area (Å²) < 4.78 is 25.7. The molecular weight excluding hydrogens is 324 g/mol. The molecule has 0 heterocycles. The fourth-order valence-electron chi connectivity index (χ4n) is 3.34. The number of carbonyl (C=O) groups is 1. The zero-order chi connectivity index (χ0) is 17.6. The molecule has 134 valence electrons. The van der Waals surface area contributed by atoms with Gasteiger partial charge in [-0.25, -0.2) is 8.42 Å². The van der Waals surface area contributed by atoms with Crippen LogP contribution in [0.1, 0.15) is 50.6 Å². The molecule has 1 N–H and O–H groups in total. The predicted molar refractivity (Wildman–Crippen MR) is 96.0 cm³/mol. The Morgan fingerprint density at radius 3 is 2.42 bits per heavy atom. The van der Waals surface area contributed by atoms with Crippen molar-refractivity contribution in [3.05, 3.63) is 35.9 Å². The summed E-state index contributed by atoms with van der Waals surface area (Å²) in [5.74, 6) is 0.160. The lowest BCUT2D eigenvalue weighted by Crippen LogP contribution is -2.41. The summed E-state index contributed by atoms with van der Waals surface area (Å²) in [5, 5.41) is 2.92. The Kier molecular flexibility index (Phi) is 6.80. The molecule has 0 bridgehead atoms. The van der Waals surface area contributed by atoms with Gasteiger partial charge in [-0.3, -0.25) is 4.79 Å². The van der Waals surface area contributed by atoms with E-state index in [2.05, 4.69) is 5.32 Å². The van der Waals surface area contributed by atoms with Gasteiger partial charge >= 0.3 is 0 Å². The highest BCUT2D eigenvalue weighted by Crippen LogP contribution is 2.24. The number of hydrogen-bond acceptors (Lipinski definition) is 3. The summed E-state index contributed by atoms with van der Waals surface area (Å²) in [6, 6.07) is 9.29. The van der Waals surface area contributed by atoms with Crippen molar-refractivity contribution in [3.63, 3.8) is 0 Å². The topological polar surface area (TPSA) is 66.5 Å². The first-order chi connectivity index (χ1) is 11.4. The number of benzene rings is 1. The fraction of sp³-hybridized carbons (Fsp3) is 0.611. The molecule has 0 saturated heterocycles. The van der Waals surface area contributed by atoms with E-state index in [0.29, 0.717) is 6.54 Å². The third-order valence-corrected chi connectivity index (χ3v) is 6.10. The second-order valence-electron chi connectivity index (χ2n) is 6.59. The standard InChI is InChI=1S/C18H28N2O3S/c1-15(16-9-5-3-6-10-16)20(24(2,22)23)14-13-19-18(21)17-11-7-4-8-12-17/h3,5-6,9-10,15,17H,4,7-8,11-14H2,1-2H3,(H,19,21). The van der Waals surface area contributed by atoms with E-state index in [0.717, 1.165) is 31.2 Å². The van der Waals surface area contributed by atoms with Crippen LogP contribution in [0, 0.1) is 5.92 Å². The minimum absolute atomic E-state index is 0.0653. The van der Waals surface area contributed by atoms with Crippen LogP contribution in [0.2, 0.25) is 0 Å². The summed E-state index contributed by atoms with van der Waals surface area (Å²) in [5.41, 5.74) is 0.946. The molecule has 0 spiro atoms. The van der Waals surface area contributed by atoms with E-state index in [9.17, 15) is 13.2 Å². The summed E-state index contributed by atoms with van der Waals surface area (Å²) in [6.07, 6.45) is 6.54. The van der Waals surface area contributed by atoms with Crippen molar-refractivity contribution < 1.29 is 13.2 Å². The number of hydrogen-bond donors (Lipinski definition) is 1. The first-order valence-electron chi connectivity index (χ1n) is 8.69. The van der Waals surface area contributed by atoms with E-state index in [4.69, 9.17) is 0 Å². The molecular formula is C18H28N2O3S. The van der Waals surface area contributed by atoms with Gasteiger partial charge < -0.3 is 5.32 Å².